The van der Waals surface area contributed by atoms with Crippen molar-refractivity contribution in [3.8, 4) is 5.75 Å². The van der Waals surface area contributed by atoms with Gasteiger partial charge in [-0.05, 0) is 56.1 Å². The van der Waals surface area contributed by atoms with Crippen LogP contribution in [0.1, 0.15) is 44.5 Å². The Morgan fingerprint density at radius 3 is 2.68 bits per heavy atom. The average Bonchev–Trinajstić information content (AvgIpc) is 2.86. The van der Waals surface area contributed by atoms with Gasteiger partial charge >= 0.3 is 6.09 Å². The summed E-state index contributed by atoms with van der Waals surface area (Å²) >= 11 is 3.26. The van der Waals surface area contributed by atoms with Crippen molar-refractivity contribution >= 4 is 27.9 Å². The van der Waals surface area contributed by atoms with Crippen molar-refractivity contribution in [2.45, 2.75) is 51.8 Å². The quantitative estimate of drug-likeness (QED) is 0.770. The molecule has 2 rings (SSSR count). The van der Waals surface area contributed by atoms with E-state index in [1.165, 1.54) is 13.3 Å². The van der Waals surface area contributed by atoms with E-state index in [2.05, 4.69) is 26.2 Å². The zero-order valence-corrected chi connectivity index (χ0v) is 16.7. The summed E-state index contributed by atoms with van der Waals surface area (Å²) in [7, 11) is 1.49. The van der Waals surface area contributed by atoms with E-state index in [0.717, 1.165) is 0 Å². The van der Waals surface area contributed by atoms with Crippen LogP contribution in [-0.4, -0.2) is 53.2 Å². The van der Waals surface area contributed by atoms with Crippen LogP contribution in [0.15, 0.2) is 16.9 Å². The first kappa shape index (κ1) is 19.5. The van der Waals surface area contributed by atoms with E-state index in [0.29, 0.717) is 28.9 Å². The minimum atomic E-state index is -0.547. The Morgan fingerprint density at radius 2 is 2.08 bits per heavy atom. The predicted molar refractivity (Wildman–Crippen MR) is 96.8 cm³/mol. The van der Waals surface area contributed by atoms with Gasteiger partial charge in [0.25, 0.3) is 5.91 Å². The molecule has 1 aliphatic heterocycles. The lowest BCUT2D eigenvalue weighted by Crippen LogP contribution is -2.41. The van der Waals surface area contributed by atoms with Gasteiger partial charge in [0.2, 0.25) is 0 Å². The lowest BCUT2D eigenvalue weighted by atomic mass is 10.1. The van der Waals surface area contributed by atoms with E-state index in [-0.39, 0.29) is 24.1 Å². The highest BCUT2D eigenvalue weighted by Crippen LogP contribution is 2.23. The van der Waals surface area contributed by atoms with Crippen molar-refractivity contribution in [1.82, 2.24) is 15.2 Å². The number of amides is 2. The Labute approximate surface area is 156 Å². The molecule has 0 radical (unpaired) electrons. The van der Waals surface area contributed by atoms with Crippen LogP contribution in [-0.2, 0) is 4.74 Å². The molecule has 8 heteroatoms. The highest BCUT2D eigenvalue weighted by Gasteiger charge is 2.36. The van der Waals surface area contributed by atoms with E-state index in [1.807, 2.05) is 27.7 Å². The Bertz CT molecular complexity index is 660. The van der Waals surface area contributed by atoms with Gasteiger partial charge in [-0.25, -0.2) is 9.78 Å². The van der Waals surface area contributed by atoms with E-state index in [9.17, 15) is 9.59 Å². The predicted octanol–water partition coefficient (Wildman–Crippen LogP) is 2.98. The number of pyridine rings is 1. The van der Waals surface area contributed by atoms with E-state index in [4.69, 9.17) is 9.47 Å². The maximum absolute atomic E-state index is 12.6. The molecule has 1 aromatic rings. The minimum absolute atomic E-state index is 0.00813. The van der Waals surface area contributed by atoms with Crippen LogP contribution >= 0.6 is 15.9 Å². The molecule has 2 atom stereocenters. The van der Waals surface area contributed by atoms with Gasteiger partial charge in [0.1, 0.15) is 16.0 Å². The lowest BCUT2D eigenvalue weighted by Gasteiger charge is -2.26. The first-order chi connectivity index (χ1) is 11.6. The topological polar surface area (TPSA) is 80.8 Å². The molecule has 0 saturated carbocycles. The number of halogens is 1. The number of hydrogen-bond donors (Lipinski definition) is 1. The smallest absolute Gasteiger partial charge is 0.410 e. The average molecular weight is 414 g/mol. The van der Waals surface area contributed by atoms with Gasteiger partial charge < -0.3 is 19.7 Å². The summed E-state index contributed by atoms with van der Waals surface area (Å²) in [6.07, 6.45) is 1.80. The third kappa shape index (κ3) is 5.07. The monoisotopic (exact) mass is 413 g/mol. The minimum Gasteiger partial charge on any atom is -0.494 e. The number of methoxy groups -OCH3 is 1. The molecule has 1 saturated heterocycles. The number of ether oxygens (including phenoxy) is 2. The molecule has 1 fully saturated rings. The number of carbonyl (C=O) groups is 2. The maximum Gasteiger partial charge on any atom is 0.410 e. The molecule has 2 amide bonds. The molecule has 2 heterocycles. The summed E-state index contributed by atoms with van der Waals surface area (Å²) in [5.74, 6) is 0.138. The largest absolute Gasteiger partial charge is 0.494 e. The number of nitrogens with zero attached hydrogens (tertiary/aromatic N) is 2. The van der Waals surface area contributed by atoms with Gasteiger partial charge in [-0.2, -0.15) is 0 Å². The highest BCUT2D eigenvalue weighted by atomic mass is 79.9. The lowest BCUT2D eigenvalue weighted by molar-refractivity contribution is 0.0235. The van der Waals surface area contributed by atoms with Crippen LogP contribution in [0.2, 0.25) is 0 Å². The second-order valence-corrected chi connectivity index (χ2v) is 7.91. The Kier molecular flexibility index (Phi) is 5.92. The molecule has 0 aromatic carbocycles. The molecule has 1 aromatic heterocycles. The fourth-order valence-electron chi connectivity index (χ4n) is 2.73. The van der Waals surface area contributed by atoms with Crippen molar-refractivity contribution in [2.75, 3.05) is 13.7 Å². The number of nitrogens with one attached hydrogen (secondary N) is 1. The van der Waals surface area contributed by atoms with Crippen LogP contribution in [0.5, 0.6) is 5.75 Å². The van der Waals surface area contributed by atoms with Crippen LogP contribution in [0, 0.1) is 0 Å². The summed E-state index contributed by atoms with van der Waals surface area (Å²) in [5, 5.41) is 2.96. The third-order valence-corrected chi connectivity index (χ3v) is 4.27. The maximum atomic E-state index is 12.6. The second kappa shape index (κ2) is 7.59. The van der Waals surface area contributed by atoms with Gasteiger partial charge in [0.05, 0.1) is 18.9 Å². The van der Waals surface area contributed by atoms with Crippen LogP contribution in [0.3, 0.4) is 0 Å². The van der Waals surface area contributed by atoms with E-state index >= 15 is 0 Å². The van der Waals surface area contributed by atoms with Crippen molar-refractivity contribution in [3.05, 3.63) is 22.4 Å². The first-order valence-electron chi connectivity index (χ1n) is 8.10. The van der Waals surface area contributed by atoms with Crippen LogP contribution in [0.25, 0.3) is 0 Å². The molecular formula is C17H24BrN3O4. The van der Waals surface area contributed by atoms with Gasteiger partial charge in [-0.1, -0.05) is 0 Å². The Morgan fingerprint density at radius 1 is 1.40 bits per heavy atom. The first-order valence-corrected chi connectivity index (χ1v) is 8.90. The Balaban J connectivity index is 2.04. The molecule has 0 aliphatic carbocycles. The van der Waals surface area contributed by atoms with Crippen molar-refractivity contribution in [2.24, 2.45) is 0 Å². The van der Waals surface area contributed by atoms with Gasteiger partial charge in [0.15, 0.2) is 0 Å². The Hall–Kier alpha value is -1.83. The molecule has 138 valence electrons. The van der Waals surface area contributed by atoms with Gasteiger partial charge in [0, 0.05) is 18.6 Å². The van der Waals surface area contributed by atoms with Gasteiger partial charge in [-0.15, -0.1) is 0 Å². The zero-order chi connectivity index (χ0) is 18.8. The fraction of sp³-hybridized carbons (Fsp3) is 0.588. The highest BCUT2D eigenvalue weighted by molar-refractivity contribution is 9.10. The molecular weight excluding hydrogens is 390 g/mol. The number of likely N-dealkylation sites (tertiary alicyclic amines) is 1. The number of aromatic nitrogens is 1. The van der Waals surface area contributed by atoms with Crippen LogP contribution < -0.4 is 10.1 Å². The summed E-state index contributed by atoms with van der Waals surface area (Å²) in [4.78, 5) is 30.5. The molecule has 25 heavy (non-hydrogen) atoms. The molecule has 7 nitrogen and oxygen atoms in total. The number of hydrogen-bond acceptors (Lipinski definition) is 5. The number of carbonyl (C=O) groups excluding carboxylic acids is 2. The fourth-order valence-corrected chi connectivity index (χ4v) is 3.06. The van der Waals surface area contributed by atoms with Crippen molar-refractivity contribution < 1.29 is 19.1 Å². The summed E-state index contributed by atoms with van der Waals surface area (Å²) in [6, 6.07) is 1.45. The number of rotatable bonds is 3. The summed E-state index contributed by atoms with van der Waals surface area (Å²) < 4.78 is 11.2. The molecule has 0 bridgehead atoms. The van der Waals surface area contributed by atoms with Crippen LogP contribution in [0.4, 0.5) is 4.79 Å². The standard InChI is InChI=1S/C17H24BrN3O4/c1-10-6-11(9-21(10)16(23)25-17(2,3)4)20-15(22)12-7-14(18)19-8-13(12)24-5/h7-8,10-11H,6,9H2,1-5H3,(H,20,22)/t10-,11-/m1/s1. The van der Waals surface area contributed by atoms with Crippen molar-refractivity contribution in [3.63, 3.8) is 0 Å². The summed E-state index contributed by atoms with van der Waals surface area (Å²) in [5.41, 5.74) is -0.151. The SMILES string of the molecule is COc1cnc(Br)cc1C(=O)N[C@@H]1C[C@@H](C)N(C(=O)OC(C)(C)C)C1. The van der Waals surface area contributed by atoms with E-state index in [1.54, 1.807) is 11.0 Å². The van der Waals surface area contributed by atoms with Gasteiger partial charge in [-0.3, -0.25) is 4.79 Å². The summed E-state index contributed by atoms with van der Waals surface area (Å²) in [6.45, 7) is 7.85. The molecule has 1 N–H and O–H groups in total. The third-order valence-electron chi connectivity index (χ3n) is 3.84. The zero-order valence-electron chi connectivity index (χ0n) is 15.1. The molecule has 1 aliphatic rings. The van der Waals surface area contributed by atoms with Crippen molar-refractivity contribution in [1.29, 1.82) is 0 Å². The second-order valence-electron chi connectivity index (χ2n) is 7.10. The van der Waals surface area contributed by atoms with E-state index < -0.39 is 5.60 Å². The molecule has 0 unspecified atom stereocenters. The molecule has 0 spiro atoms. The normalized spacial score (nSPS) is 20.3.